The minimum atomic E-state index is -0.269. The van der Waals surface area contributed by atoms with Crippen LogP contribution in [0.25, 0.3) is 0 Å². The molecule has 0 radical (unpaired) electrons. The van der Waals surface area contributed by atoms with Crippen LogP contribution in [0.15, 0.2) is 42.5 Å². The van der Waals surface area contributed by atoms with Crippen molar-refractivity contribution in [2.24, 2.45) is 0 Å². The van der Waals surface area contributed by atoms with Gasteiger partial charge in [0.15, 0.2) is 0 Å². The topological polar surface area (TPSA) is 41.1 Å². The molecule has 0 bridgehead atoms. The molecule has 2 aromatic carbocycles. The second kappa shape index (κ2) is 6.06. The van der Waals surface area contributed by atoms with E-state index in [9.17, 15) is 4.79 Å². The molecule has 3 rings (SSSR count). The first-order valence-corrected chi connectivity index (χ1v) is 7.45. The Bertz CT molecular complexity index is 688. The predicted octanol–water partition coefficient (Wildman–Crippen LogP) is 3.65. The highest BCUT2D eigenvalue weighted by atomic mass is 35.5. The molecule has 2 N–H and O–H groups in total. The van der Waals surface area contributed by atoms with Crippen molar-refractivity contribution < 1.29 is 4.79 Å². The lowest BCUT2D eigenvalue weighted by Gasteiger charge is -2.25. The van der Waals surface area contributed by atoms with E-state index >= 15 is 0 Å². The van der Waals surface area contributed by atoms with Gasteiger partial charge in [-0.15, -0.1) is 0 Å². The van der Waals surface area contributed by atoms with Gasteiger partial charge in [-0.25, -0.2) is 0 Å². The van der Waals surface area contributed by atoms with E-state index in [4.69, 9.17) is 23.2 Å². The zero-order valence-corrected chi connectivity index (χ0v) is 12.7. The molecule has 5 heteroatoms. The molecule has 1 atom stereocenters. The molecule has 1 heterocycles. The third kappa shape index (κ3) is 3.21. The standard InChI is InChI=1S/C16H14Cl2N2O/c17-12-5-6-13(18)14(8-12)20-16(21)15-7-10-3-1-2-4-11(10)9-19-15/h1-6,8,15,19H,7,9H2,(H,20,21)/t15-/m0/s1. The largest absolute Gasteiger partial charge is 0.323 e. The Morgan fingerprint density at radius 3 is 2.71 bits per heavy atom. The van der Waals surface area contributed by atoms with Crippen LogP contribution in [0.3, 0.4) is 0 Å². The molecule has 0 saturated carbocycles. The number of fused-ring (bicyclic) bond motifs is 1. The number of rotatable bonds is 2. The molecule has 0 aliphatic carbocycles. The van der Waals surface area contributed by atoms with Crippen molar-refractivity contribution >= 4 is 34.8 Å². The summed E-state index contributed by atoms with van der Waals surface area (Å²) in [6, 6.07) is 12.9. The minimum Gasteiger partial charge on any atom is -0.323 e. The van der Waals surface area contributed by atoms with E-state index in [2.05, 4.69) is 22.8 Å². The number of benzene rings is 2. The van der Waals surface area contributed by atoms with Gasteiger partial charge in [0.1, 0.15) is 0 Å². The quantitative estimate of drug-likeness (QED) is 0.886. The summed E-state index contributed by atoms with van der Waals surface area (Å²) in [5.41, 5.74) is 2.98. The van der Waals surface area contributed by atoms with Gasteiger partial charge in [0.05, 0.1) is 16.8 Å². The number of anilines is 1. The average molecular weight is 321 g/mol. The van der Waals surface area contributed by atoms with E-state index in [1.807, 2.05) is 12.1 Å². The summed E-state index contributed by atoms with van der Waals surface area (Å²) in [7, 11) is 0. The van der Waals surface area contributed by atoms with E-state index in [0.29, 0.717) is 28.7 Å². The number of nitrogens with one attached hydrogen (secondary N) is 2. The molecule has 0 unspecified atom stereocenters. The summed E-state index contributed by atoms with van der Waals surface area (Å²) < 4.78 is 0. The third-order valence-electron chi connectivity index (χ3n) is 3.58. The van der Waals surface area contributed by atoms with Crippen LogP contribution in [0, 0.1) is 0 Å². The summed E-state index contributed by atoms with van der Waals surface area (Å²) >= 11 is 12.0. The molecule has 3 nitrogen and oxygen atoms in total. The van der Waals surface area contributed by atoms with Crippen LogP contribution < -0.4 is 10.6 Å². The summed E-state index contributed by atoms with van der Waals surface area (Å²) in [4.78, 5) is 12.4. The molecule has 1 aliphatic heterocycles. The number of hydrogen-bond donors (Lipinski definition) is 2. The zero-order valence-electron chi connectivity index (χ0n) is 11.2. The first-order valence-electron chi connectivity index (χ1n) is 6.69. The second-order valence-corrected chi connectivity index (χ2v) is 5.86. The molecule has 21 heavy (non-hydrogen) atoms. The van der Waals surface area contributed by atoms with Crippen molar-refractivity contribution in [3.8, 4) is 0 Å². The van der Waals surface area contributed by atoms with Crippen LogP contribution in [0.1, 0.15) is 11.1 Å². The van der Waals surface area contributed by atoms with Gasteiger partial charge >= 0.3 is 0 Å². The molecular formula is C16H14Cl2N2O. The van der Waals surface area contributed by atoms with Crippen molar-refractivity contribution in [3.05, 3.63) is 63.6 Å². The van der Waals surface area contributed by atoms with Gasteiger partial charge in [-0.2, -0.15) is 0 Å². The lowest BCUT2D eigenvalue weighted by molar-refractivity contribution is -0.118. The summed E-state index contributed by atoms with van der Waals surface area (Å²) in [6.07, 6.45) is 0.667. The monoisotopic (exact) mass is 320 g/mol. The Balaban J connectivity index is 1.74. The fraction of sp³-hybridized carbons (Fsp3) is 0.188. The molecule has 0 saturated heterocycles. The predicted molar refractivity (Wildman–Crippen MR) is 85.9 cm³/mol. The van der Waals surface area contributed by atoms with Crippen LogP contribution >= 0.6 is 23.2 Å². The Morgan fingerprint density at radius 1 is 1.14 bits per heavy atom. The van der Waals surface area contributed by atoms with E-state index in [0.717, 1.165) is 0 Å². The molecule has 2 aromatic rings. The summed E-state index contributed by atoms with van der Waals surface area (Å²) in [5.74, 6) is -0.103. The smallest absolute Gasteiger partial charge is 0.241 e. The Hall–Kier alpha value is -1.55. The molecule has 1 aliphatic rings. The average Bonchev–Trinajstić information content (AvgIpc) is 2.50. The van der Waals surface area contributed by atoms with Gasteiger partial charge in [0.2, 0.25) is 5.91 Å². The van der Waals surface area contributed by atoms with E-state index in [1.54, 1.807) is 18.2 Å². The van der Waals surface area contributed by atoms with E-state index < -0.39 is 0 Å². The van der Waals surface area contributed by atoms with Gasteiger partial charge in [-0.3, -0.25) is 4.79 Å². The normalized spacial score (nSPS) is 17.1. The zero-order chi connectivity index (χ0) is 14.8. The fourth-order valence-electron chi connectivity index (χ4n) is 2.45. The van der Waals surface area contributed by atoms with Crippen molar-refractivity contribution in [2.45, 2.75) is 19.0 Å². The molecule has 1 amide bonds. The summed E-state index contributed by atoms with van der Waals surface area (Å²) in [6.45, 7) is 0.692. The molecular weight excluding hydrogens is 307 g/mol. The number of amides is 1. The maximum Gasteiger partial charge on any atom is 0.241 e. The van der Waals surface area contributed by atoms with Crippen LogP contribution in [-0.2, 0) is 17.8 Å². The molecule has 0 aromatic heterocycles. The first-order chi connectivity index (χ1) is 10.1. The third-order valence-corrected chi connectivity index (χ3v) is 4.15. The molecule has 108 valence electrons. The minimum absolute atomic E-state index is 0.103. The fourth-order valence-corrected chi connectivity index (χ4v) is 2.79. The van der Waals surface area contributed by atoms with Gasteiger partial charge in [0.25, 0.3) is 0 Å². The van der Waals surface area contributed by atoms with Gasteiger partial charge in [0, 0.05) is 11.6 Å². The maximum atomic E-state index is 12.4. The second-order valence-electron chi connectivity index (χ2n) is 5.02. The van der Waals surface area contributed by atoms with Gasteiger partial charge in [-0.05, 0) is 35.7 Å². The molecule has 0 fully saturated rings. The summed E-state index contributed by atoms with van der Waals surface area (Å²) in [5, 5.41) is 7.09. The van der Waals surface area contributed by atoms with Crippen molar-refractivity contribution in [2.75, 3.05) is 5.32 Å². The highest BCUT2D eigenvalue weighted by molar-refractivity contribution is 6.35. The number of halogens is 2. The molecule has 0 spiro atoms. The van der Waals surface area contributed by atoms with Crippen molar-refractivity contribution in [3.63, 3.8) is 0 Å². The van der Waals surface area contributed by atoms with Crippen molar-refractivity contribution in [1.29, 1.82) is 0 Å². The van der Waals surface area contributed by atoms with E-state index in [1.165, 1.54) is 11.1 Å². The van der Waals surface area contributed by atoms with Crippen LogP contribution in [0.2, 0.25) is 10.0 Å². The number of carbonyl (C=O) groups is 1. The number of hydrogen-bond acceptors (Lipinski definition) is 2. The Kier molecular flexibility index (Phi) is 4.15. The van der Waals surface area contributed by atoms with Crippen molar-refractivity contribution in [1.82, 2.24) is 5.32 Å². The maximum absolute atomic E-state index is 12.4. The van der Waals surface area contributed by atoms with Gasteiger partial charge < -0.3 is 10.6 Å². The SMILES string of the molecule is O=C(Nc1cc(Cl)ccc1Cl)[C@@H]1Cc2ccccc2CN1. The lowest BCUT2D eigenvalue weighted by Crippen LogP contribution is -2.44. The van der Waals surface area contributed by atoms with E-state index in [-0.39, 0.29) is 11.9 Å². The Morgan fingerprint density at radius 2 is 1.90 bits per heavy atom. The highest BCUT2D eigenvalue weighted by Gasteiger charge is 2.24. The Labute approximate surface area is 133 Å². The van der Waals surface area contributed by atoms with Crippen LogP contribution in [0.4, 0.5) is 5.69 Å². The van der Waals surface area contributed by atoms with Gasteiger partial charge in [-0.1, -0.05) is 47.5 Å². The number of carbonyl (C=O) groups excluding carboxylic acids is 1. The highest BCUT2D eigenvalue weighted by Crippen LogP contribution is 2.26. The lowest BCUT2D eigenvalue weighted by atomic mass is 9.95. The first kappa shape index (κ1) is 14.4. The van der Waals surface area contributed by atoms with Crippen LogP contribution in [0.5, 0.6) is 0 Å². The van der Waals surface area contributed by atoms with Crippen LogP contribution in [-0.4, -0.2) is 11.9 Å².